The molecule has 0 bridgehead atoms. The predicted molar refractivity (Wildman–Crippen MR) is 136 cm³/mol. The van der Waals surface area contributed by atoms with Crippen molar-refractivity contribution in [2.75, 3.05) is 32.9 Å². The molecule has 3 aromatic rings. The Hall–Kier alpha value is -2.78. The average molecular weight is 498 g/mol. The number of para-hydroxylation sites is 1. The van der Waals surface area contributed by atoms with E-state index in [1.165, 1.54) is 12.1 Å². The van der Waals surface area contributed by atoms with Gasteiger partial charge >= 0.3 is 0 Å². The number of halogens is 1. The van der Waals surface area contributed by atoms with Crippen molar-refractivity contribution < 1.29 is 23.7 Å². The van der Waals surface area contributed by atoms with E-state index in [4.69, 9.17) is 19.3 Å². The van der Waals surface area contributed by atoms with Gasteiger partial charge in [0.25, 0.3) is 0 Å². The summed E-state index contributed by atoms with van der Waals surface area (Å²) in [5.41, 5.74) is 2.72. The molecule has 1 aliphatic heterocycles. The maximum atomic E-state index is 13.6. The third kappa shape index (κ3) is 6.91. The molecule has 8 heteroatoms. The molecule has 0 unspecified atom stereocenters. The molecule has 1 aliphatic rings. The number of benzene rings is 2. The van der Waals surface area contributed by atoms with E-state index in [2.05, 4.69) is 11.8 Å². The van der Waals surface area contributed by atoms with Crippen molar-refractivity contribution in [1.82, 2.24) is 14.7 Å². The molecule has 2 aromatic carbocycles. The normalized spacial score (nSPS) is 16.5. The highest BCUT2D eigenvalue weighted by atomic mass is 19.1. The van der Waals surface area contributed by atoms with E-state index >= 15 is 0 Å². The van der Waals surface area contributed by atoms with E-state index in [1.807, 2.05) is 37.3 Å². The quantitative estimate of drug-likeness (QED) is 0.368. The fourth-order valence-corrected chi connectivity index (χ4v) is 4.49. The predicted octanol–water partition coefficient (Wildman–Crippen LogP) is 4.74. The summed E-state index contributed by atoms with van der Waals surface area (Å²) in [5, 5.41) is 15.5. The average Bonchev–Trinajstić information content (AvgIpc) is 3.52. The minimum atomic E-state index is -0.623. The first-order chi connectivity index (χ1) is 17.6. The third-order valence-corrected chi connectivity index (χ3v) is 6.23. The lowest BCUT2D eigenvalue weighted by Crippen LogP contribution is -2.39. The number of ether oxygens (including phenoxy) is 3. The molecule has 0 amide bonds. The number of nitrogens with zero attached hydrogens (tertiary/aromatic N) is 3. The van der Waals surface area contributed by atoms with Gasteiger partial charge in [-0.1, -0.05) is 25.1 Å². The maximum Gasteiger partial charge on any atom is 0.227 e. The Labute approximate surface area is 212 Å². The fraction of sp³-hybridized carbons (Fsp3) is 0.464. The minimum absolute atomic E-state index is 0.125. The Kier molecular flexibility index (Phi) is 9.47. The summed E-state index contributed by atoms with van der Waals surface area (Å²) < 4.78 is 33.1. The van der Waals surface area contributed by atoms with Crippen molar-refractivity contribution in [3.63, 3.8) is 0 Å². The molecule has 1 aromatic heterocycles. The molecule has 194 valence electrons. The van der Waals surface area contributed by atoms with Crippen LogP contribution in [-0.4, -0.2) is 64.9 Å². The fourth-order valence-electron chi connectivity index (χ4n) is 4.49. The van der Waals surface area contributed by atoms with Gasteiger partial charge in [-0.2, -0.15) is 5.10 Å². The molecule has 7 nitrogen and oxygen atoms in total. The van der Waals surface area contributed by atoms with Crippen LogP contribution in [0.1, 0.15) is 37.9 Å². The molecule has 0 saturated carbocycles. The molecule has 1 fully saturated rings. The van der Waals surface area contributed by atoms with Crippen LogP contribution in [0.25, 0.3) is 5.69 Å². The summed E-state index contributed by atoms with van der Waals surface area (Å²) >= 11 is 0. The van der Waals surface area contributed by atoms with E-state index in [9.17, 15) is 9.50 Å². The van der Waals surface area contributed by atoms with E-state index in [0.29, 0.717) is 44.3 Å². The number of hydrogen-bond donors (Lipinski definition) is 1. The van der Waals surface area contributed by atoms with Crippen molar-refractivity contribution >= 4 is 0 Å². The second-order valence-corrected chi connectivity index (χ2v) is 9.03. The van der Waals surface area contributed by atoms with Gasteiger partial charge in [-0.05, 0) is 62.6 Å². The molecular formula is C28H36FN3O4. The van der Waals surface area contributed by atoms with E-state index in [1.54, 1.807) is 16.8 Å². The molecule has 0 spiro atoms. The summed E-state index contributed by atoms with van der Waals surface area (Å²) in [6.07, 6.45) is 2.26. The van der Waals surface area contributed by atoms with Crippen LogP contribution < -0.4 is 4.74 Å². The number of hydrogen-bond acceptors (Lipinski definition) is 6. The van der Waals surface area contributed by atoms with E-state index < -0.39 is 6.10 Å². The summed E-state index contributed by atoms with van der Waals surface area (Å²) in [5.74, 6) is 0.792. The Morgan fingerprint density at radius 1 is 1.17 bits per heavy atom. The first-order valence-corrected chi connectivity index (χ1v) is 12.8. The highest BCUT2D eigenvalue weighted by Gasteiger charge is 2.26. The van der Waals surface area contributed by atoms with Gasteiger partial charge in [0, 0.05) is 32.8 Å². The van der Waals surface area contributed by atoms with Crippen molar-refractivity contribution in [3.05, 3.63) is 71.7 Å². The number of aliphatic hydroxyl groups is 1. The SMILES string of the molecule is CCOC[C@H](O)CN(Cc1c(CC)nn(-c2ccccc2)c1Oc1ccc(F)cc1)C[C@H]1CCCO1. The minimum Gasteiger partial charge on any atom is -0.439 e. The highest BCUT2D eigenvalue weighted by molar-refractivity contribution is 5.43. The Balaban J connectivity index is 1.69. The lowest BCUT2D eigenvalue weighted by molar-refractivity contribution is 0.00496. The van der Waals surface area contributed by atoms with Crippen molar-refractivity contribution in [1.29, 1.82) is 0 Å². The second-order valence-electron chi connectivity index (χ2n) is 9.03. The topological polar surface area (TPSA) is 69.0 Å². The molecule has 36 heavy (non-hydrogen) atoms. The van der Waals surface area contributed by atoms with Gasteiger partial charge in [0.1, 0.15) is 11.6 Å². The monoisotopic (exact) mass is 497 g/mol. The smallest absolute Gasteiger partial charge is 0.227 e. The number of aromatic nitrogens is 2. The molecule has 2 heterocycles. The lowest BCUT2D eigenvalue weighted by Gasteiger charge is -2.27. The van der Waals surface area contributed by atoms with E-state index in [-0.39, 0.29) is 18.5 Å². The van der Waals surface area contributed by atoms with Gasteiger partial charge in [-0.15, -0.1) is 0 Å². The lowest BCUT2D eigenvalue weighted by atomic mass is 10.1. The van der Waals surface area contributed by atoms with Crippen molar-refractivity contribution in [2.45, 2.75) is 51.9 Å². The molecule has 2 atom stereocenters. The zero-order valence-corrected chi connectivity index (χ0v) is 21.1. The van der Waals surface area contributed by atoms with Crippen LogP contribution in [0, 0.1) is 5.82 Å². The first kappa shape index (κ1) is 26.3. The Bertz CT molecular complexity index is 1070. The van der Waals surface area contributed by atoms with Gasteiger partial charge in [-0.3, -0.25) is 4.90 Å². The second kappa shape index (κ2) is 13.0. The van der Waals surface area contributed by atoms with Gasteiger partial charge in [0.05, 0.1) is 35.8 Å². The summed E-state index contributed by atoms with van der Waals surface area (Å²) in [6, 6.07) is 15.8. The van der Waals surface area contributed by atoms with Crippen LogP contribution in [0.5, 0.6) is 11.6 Å². The molecule has 0 aliphatic carbocycles. The molecule has 4 rings (SSSR count). The molecule has 1 saturated heterocycles. The van der Waals surface area contributed by atoms with Crippen LogP contribution in [0.3, 0.4) is 0 Å². The summed E-state index contributed by atoms with van der Waals surface area (Å²) in [7, 11) is 0. The van der Waals surface area contributed by atoms with Crippen LogP contribution >= 0.6 is 0 Å². The van der Waals surface area contributed by atoms with Crippen LogP contribution in [0.15, 0.2) is 54.6 Å². The van der Waals surface area contributed by atoms with Gasteiger partial charge in [0.15, 0.2) is 0 Å². The molecular weight excluding hydrogens is 461 g/mol. The van der Waals surface area contributed by atoms with Gasteiger partial charge in [0.2, 0.25) is 5.88 Å². The van der Waals surface area contributed by atoms with Crippen molar-refractivity contribution in [3.8, 4) is 17.3 Å². The first-order valence-electron chi connectivity index (χ1n) is 12.8. The summed E-state index contributed by atoms with van der Waals surface area (Å²) in [6.45, 7) is 7.25. The van der Waals surface area contributed by atoms with Gasteiger partial charge in [-0.25, -0.2) is 9.07 Å². The Morgan fingerprint density at radius 2 is 1.94 bits per heavy atom. The Morgan fingerprint density at radius 3 is 2.61 bits per heavy atom. The molecule has 1 N–H and O–H groups in total. The largest absolute Gasteiger partial charge is 0.439 e. The van der Waals surface area contributed by atoms with Crippen molar-refractivity contribution in [2.24, 2.45) is 0 Å². The standard InChI is InChI=1S/C28H36FN3O4/c1-3-27-26(19-31(17-23(33)20-34-4-2)18-25-11-8-16-35-25)28(36-24-14-12-21(29)13-15-24)32(30-27)22-9-6-5-7-10-22/h5-7,9-10,12-15,23,25,33H,3-4,8,11,16-20H2,1-2H3/t23-,25-/m1/s1. The summed E-state index contributed by atoms with van der Waals surface area (Å²) in [4.78, 5) is 2.20. The van der Waals surface area contributed by atoms with Crippen LogP contribution in [0.4, 0.5) is 4.39 Å². The zero-order valence-electron chi connectivity index (χ0n) is 21.1. The third-order valence-electron chi connectivity index (χ3n) is 6.23. The highest BCUT2D eigenvalue weighted by Crippen LogP contribution is 2.32. The number of rotatable bonds is 13. The number of aliphatic hydroxyl groups excluding tert-OH is 1. The van der Waals surface area contributed by atoms with Gasteiger partial charge < -0.3 is 19.3 Å². The van der Waals surface area contributed by atoms with Crippen LogP contribution in [0.2, 0.25) is 0 Å². The zero-order chi connectivity index (χ0) is 25.3. The van der Waals surface area contributed by atoms with E-state index in [0.717, 1.165) is 36.4 Å². The van der Waals surface area contributed by atoms with Crippen LogP contribution in [-0.2, 0) is 22.4 Å². The molecule has 0 radical (unpaired) electrons. The number of aryl methyl sites for hydroxylation is 1. The maximum absolute atomic E-state index is 13.6.